The lowest BCUT2D eigenvalue weighted by molar-refractivity contribution is -0.137. The maximum Gasteiger partial charge on any atom is 0.418 e. The molecule has 2 heterocycles. The number of hydrogen-bond acceptors (Lipinski definition) is 7. The zero-order valence-corrected chi connectivity index (χ0v) is 18.1. The molecule has 0 saturated carbocycles. The number of nitrogens with two attached hydrogens (primary N) is 1. The lowest BCUT2D eigenvalue weighted by atomic mass is 10.2. The number of ether oxygens (including phenoxy) is 1. The van der Waals surface area contributed by atoms with Crippen LogP contribution in [0.2, 0.25) is 0 Å². The molecule has 1 aliphatic rings. The van der Waals surface area contributed by atoms with Gasteiger partial charge < -0.3 is 20.7 Å². The van der Waals surface area contributed by atoms with Crippen LogP contribution in [0.25, 0.3) is 0 Å². The standard InChI is InChI=1S/C22H22F3N5OS/c1-14-13-27-21(28-15-2-4-16(5-3-15)30-8-10-31-11-9-30)29-20(14)32-17-6-7-19(26)18(12-17)22(23,24)25/h2-7,12-13H,8-11,26H2,1H3,(H,27,28,29). The van der Waals surface area contributed by atoms with Gasteiger partial charge in [-0.05, 0) is 49.4 Å². The molecular formula is C22H22F3N5OS. The summed E-state index contributed by atoms with van der Waals surface area (Å²) in [5, 5.41) is 3.71. The average Bonchev–Trinajstić information content (AvgIpc) is 2.78. The zero-order chi connectivity index (χ0) is 22.7. The lowest BCUT2D eigenvalue weighted by Crippen LogP contribution is -2.36. The normalized spacial score (nSPS) is 14.4. The van der Waals surface area contributed by atoms with Crippen molar-refractivity contribution in [2.75, 3.05) is 42.3 Å². The molecule has 1 fully saturated rings. The Labute approximate surface area is 188 Å². The molecule has 3 N–H and O–H groups in total. The second kappa shape index (κ2) is 9.25. The summed E-state index contributed by atoms with van der Waals surface area (Å²) in [6, 6.07) is 11.8. The van der Waals surface area contributed by atoms with Gasteiger partial charge >= 0.3 is 6.18 Å². The second-order valence-electron chi connectivity index (χ2n) is 7.30. The molecule has 0 amide bonds. The number of hydrogen-bond donors (Lipinski definition) is 2. The van der Waals surface area contributed by atoms with Gasteiger partial charge in [0.2, 0.25) is 5.95 Å². The number of morpholine rings is 1. The molecule has 1 aliphatic heterocycles. The van der Waals surface area contributed by atoms with Crippen molar-refractivity contribution in [3.8, 4) is 0 Å². The van der Waals surface area contributed by atoms with Crippen LogP contribution in [0.15, 0.2) is 58.6 Å². The molecular weight excluding hydrogens is 439 g/mol. The largest absolute Gasteiger partial charge is 0.418 e. The molecule has 0 atom stereocenters. The molecule has 0 bridgehead atoms. The molecule has 0 radical (unpaired) electrons. The number of alkyl halides is 3. The first kappa shape index (κ1) is 22.2. The number of aromatic nitrogens is 2. The topological polar surface area (TPSA) is 76.3 Å². The fourth-order valence-corrected chi connectivity index (χ4v) is 4.13. The Hall–Kier alpha value is -2.98. The first-order chi connectivity index (χ1) is 15.3. The van der Waals surface area contributed by atoms with Gasteiger partial charge in [-0.3, -0.25) is 0 Å². The zero-order valence-electron chi connectivity index (χ0n) is 17.3. The Bertz CT molecular complexity index is 1090. The van der Waals surface area contributed by atoms with Crippen molar-refractivity contribution in [1.29, 1.82) is 0 Å². The van der Waals surface area contributed by atoms with Gasteiger partial charge in [-0.25, -0.2) is 9.97 Å². The molecule has 3 aromatic rings. The van der Waals surface area contributed by atoms with Crippen molar-refractivity contribution in [3.05, 3.63) is 59.8 Å². The molecule has 1 saturated heterocycles. The number of nitrogens with one attached hydrogen (secondary N) is 1. The van der Waals surface area contributed by atoms with E-state index in [0.29, 0.717) is 15.9 Å². The van der Waals surface area contributed by atoms with Crippen molar-refractivity contribution >= 4 is 34.8 Å². The Balaban J connectivity index is 1.49. The number of anilines is 4. The van der Waals surface area contributed by atoms with Gasteiger partial charge in [-0.1, -0.05) is 11.8 Å². The van der Waals surface area contributed by atoms with Crippen molar-refractivity contribution < 1.29 is 17.9 Å². The smallest absolute Gasteiger partial charge is 0.398 e. The van der Waals surface area contributed by atoms with Crippen LogP contribution in [-0.4, -0.2) is 36.3 Å². The number of benzene rings is 2. The molecule has 32 heavy (non-hydrogen) atoms. The third-order valence-electron chi connectivity index (χ3n) is 4.97. The average molecular weight is 462 g/mol. The fraction of sp³-hybridized carbons (Fsp3) is 0.273. The van der Waals surface area contributed by atoms with Crippen LogP contribution in [0, 0.1) is 6.92 Å². The van der Waals surface area contributed by atoms with Gasteiger partial charge in [0, 0.05) is 46.8 Å². The number of halogens is 3. The Morgan fingerprint density at radius 3 is 2.50 bits per heavy atom. The van der Waals surface area contributed by atoms with E-state index in [1.807, 2.05) is 31.2 Å². The molecule has 0 unspecified atom stereocenters. The van der Waals surface area contributed by atoms with E-state index in [0.717, 1.165) is 61.1 Å². The summed E-state index contributed by atoms with van der Waals surface area (Å²) in [5.74, 6) is 0.365. The van der Waals surface area contributed by atoms with Crippen molar-refractivity contribution in [2.24, 2.45) is 0 Å². The molecule has 168 valence electrons. The minimum Gasteiger partial charge on any atom is -0.398 e. The van der Waals surface area contributed by atoms with Crippen LogP contribution in [0.5, 0.6) is 0 Å². The summed E-state index contributed by atoms with van der Waals surface area (Å²) < 4.78 is 44.9. The van der Waals surface area contributed by atoms with E-state index in [4.69, 9.17) is 10.5 Å². The van der Waals surface area contributed by atoms with E-state index in [9.17, 15) is 13.2 Å². The molecule has 2 aromatic carbocycles. The third-order valence-corrected chi connectivity index (χ3v) is 6.07. The van der Waals surface area contributed by atoms with Crippen molar-refractivity contribution in [3.63, 3.8) is 0 Å². The molecule has 4 rings (SSSR count). The lowest BCUT2D eigenvalue weighted by Gasteiger charge is -2.28. The molecule has 0 aliphatic carbocycles. The summed E-state index contributed by atoms with van der Waals surface area (Å²) >= 11 is 1.13. The first-order valence-corrected chi connectivity index (χ1v) is 10.8. The number of nitrogen functional groups attached to an aromatic ring is 1. The minimum atomic E-state index is -4.51. The van der Waals surface area contributed by atoms with E-state index in [-0.39, 0.29) is 5.69 Å². The monoisotopic (exact) mass is 461 g/mol. The Kier molecular flexibility index (Phi) is 6.43. The van der Waals surface area contributed by atoms with Gasteiger partial charge in [-0.2, -0.15) is 13.2 Å². The van der Waals surface area contributed by atoms with Crippen LogP contribution in [-0.2, 0) is 10.9 Å². The highest BCUT2D eigenvalue weighted by Gasteiger charge is 2.33. The van der Waals surface area contributed by atoms with Crippen LogP contribution < -0.4 is 16.0 Å². The van der Waals surface area contributed by atoms with Crippen LogP contribution in [0.3, 0.4) is 0 Å². The highest BCUT2D eigenvalue weighted by molar-refractivity contribution is 7.99. The van der Waals surface area contributed by atoms with Gasteiger partial charge in [-0.15, -0.1) is 0 Å². The van der Waals surface area contributed by atoms with Gasteiger partial charge in [0.05, 0.1) is 18.8 Å². The maximum absolute atomic E-state index is 13.2. The summed E-state index contributed by atoms with van der Waals surface area (Å²) in [6.45, 7) is 4.96. The summed E-state index contributed by atoms with van der Waals surface area (Å²) in [6.07, 6.45) is -2.87. The van der Waals surface area contributed by atoms with Crippen molar-refractivity contribution in [2.45, 2.75) is 23.0 Å². The highest BCUT2D eigenvalue weighted by Crippen LogP contribution is 2.38. The summed E-state index contributed by atoms with van der Waals surface area (Å²) in [7, 11) is 0. The fourth-order valence-electron chi connectivity index (χ4n) is 3.25. The third kappa shape index (κ3) is 5.25. The van der Waals surface area contributed by atoms with Crippen LogP contribution in [0.4, 0.5) is 36.2 Å². The van der Waals surface area contributed by atoms with Crippen molar-refractivity contribution in [1.82, 2.24) is 9.97 Å². The van der Waals surface area contributed by atoms with E-state index < -0.39 is 11.7 Å². The van der Waals surface area contributed by atoms with Gasteiger partial charge in [0.15, 0.2) is 0 Å². The molecule has 0 spiro atoms. The minimum absolute atomic E-state index is 0.302. The summed E-state index contributed by atoms with van der Waals surface area (Å²) in [4.78, 5) is 11.4. The van der Waals surface area contributed by atoms with Crippen LogP contribution in [0.1, 0.15) is 11.1 Å². The quantitative estimate of drug-likeness (QED) is 0.404. The number of aryl methyl sites for hydroxylation is 1. The Morgan fingerprint density at radius 1 is 1.09 bits per heavy atom. The first-order valence-electron chi connectivity index (χ1n) is 9.97. The molecule has 10 heteroatoms. The summed E-state index contributed by atoms with van der Waals surface area (Å²) in [5.41, 5.74) is 7.02. The van der Waals surface area contributed by atoms with E-state index >= 15 is 0 Å². The predicted octanol–water partition coefficient (Wildman–Crippen LogP) is 5.12. The highest BCUT2D eigenvalue weighted by atomic mass is 32.2. The van der Waals surface area contributed by atoms with Gasteiger partial charge in [0.25, 0.3) is 0 Å². The maximum atomic E-state index is 13.2. The SMILES string of the molecule is Cc1cnc(Nc2ccc(N3CCOCC3)cc2)nc1Sc1ccc(N)c(C(F)(F)F)c1. The second-order valence-corrected chi connectivity index (χ2v) is 8.36. The predicted molar refractivity (Wildman–Crippen MR) is 120 cm³/mol. The number of nitrogens with zero attached hydrogens (tertiary/aromatic N) is 3. The van der Waals surface area contributed by atoms with E-state index in [1.54, 1.807) is 12.3 Å². The van der Waals surface area contributed by atoms with Gasteiger partial charge in [0.1, 0.15) is 5.03 Å². The molecule has 6 nitrogen and oxygen atoms in total. The number of rotatable bonds is 5. The van der Waals surface area contributed by atoms with E-state index in [2.05, 4.69) is 20.2 Å². The Morgan fingerprint density at radius 2 is 1.81 bits per heavy atom. The van der Waals surface area contributed by atoms with Crippen LogP contribution >= 0.6 is 11.8 Å². The van der Waals surface area contributed by atoms with E-state index in [1.165, 1.54) is 6.07 Å². The molecule has 1 aromatic heterocycles.